The van der Waals surface area contributed by atoms with Crippen molar-refractivity contribution in [2.45, 2.75) is 25.6 Å². The zero-order chi connectivity index (χ0) is 13.8. The van der Waals surface area contributed by atoms with Crippen LogP contribution in [0.2, 0.25) is 0 Å². The van der Waals surface area contributed by atoms with Crippen molar-refractivity contribution in [3.05, 3.63) is 29.8 Å². The van der Waals surface area contributed by atoms with Crippen LogP contribution < -0.4 is 10.6 Å². The van der Waals surface area contributed by atoms with E-state index in [0.29, 0.717) is 5.11 Å². The first-order chi connectivity index (χ1) is 8.26. The minimum Gasteiger partial charge on any atom is -0.360 e. The molecule has 0 atom stereocenters. The summed E-state index contributed by atoms with van der Waals surface area (Å²) in [6.45, 7) is 3.99. The average Bonchev–Trinajstić information content (AvgIpc) is 2.13. The third-order valence-electron chi connectivity index (χ3n) is 2.03. The van der Waals surface area contributed by atoms with Crippen LogP contribution in [0, 0.1) is 0 Å². The van der Waals surface area contributed by atoms with E-state index in [2.05, 4.69) is 10.6 Å². The van der Waals surface area contributed by atoms with Crippen LogP contribution in [0.15, 0.2) is 24.3 Å². The first-order valence-corrected chi connectivity index (χ1v) is 8.07. The van der Waals surface area contributed by atoms with E-state index in [1.54, 1.807) is 18.2 Å². The number of anilines is 1. The molecule has 0 aliphatic carbocycles. The third kappa shape index (κ3) is 5.97. The van der Waals surface area contributed by atoms with Crippen LogP contribution in [-0.4, -0.2) is 25.8 Å². The Balaban J connectivity index is 2.74. The van der Waals surface area contributed by atoms with Gasteiger partial charge in [-0.1, -0.05) is 12.1 Å². The van der Waals surface area contributed by atoms with Crippen molar-refractivity contribution < 1.29 is 8.42 Å². The van der Waals surface area contributed by atoms with Crippen molar-refractivity contribution in [3.63, 3.8) is 0 Å². The van der Waals surface area contributed by atoms with E-state index in [4.69, 9.17) is 12.2 Å². The molecule has 18 heavy (non-hydrogen) atoms. The summed E-state index contributed by atoms with van der Waals surface area (Å²) in [6, 6.07) is 7.48. The van der Waals surface area contributed by atoms with Crippen molar-refractivity contribution >= 4 is 32.9 Å². The molecule has 6 heteroatoms. The van der Waals surface area contributed by atoms with E-state index in [-0.39, 0.29) is 11.8 Å². The highest BCUT2D eigenvalue weighted by molar-refractivity contribution is 7.89. The molecule has 0 amide bonds. The summed E-state index contributed by atoms with van der Waals surface area (Å²) in [5, 5.41) is 6.62. The number of hydrogen-bond donors (Lipinski definition) is 2. The predicted octanol–water partition coefficient (Wildman–Crippen LogP) is 1.93. The van der Waals surface area contributed by atoms with E-state index in [0.717, 1.165) is 11.3 Å². The minimum absolute atomic E-state index is 0.0346. The summed E-state index contributed by atoms with van der Waals surface area (Å²) in [5.74, 6) is 0.0346. The van der Waals surface area contributed by atoms with Gasteiger partial charge in [-0.15, -0.1) is 0 Å². The van der Waals surface area contributed by atoms with E-state index < -0.39 is 9.84 Å². The second-order valence-corrected chi connectivity index (χ2v) is 7.07. The van der Waals surface area contributed by atoms with Gasteiger partial charge >= 0.3 is 0 Å². The monoisotopic (exact) mass is 286 g/mol. The first kappa shape index (κ1) is 14.9. The Morgan fingerprint density at radius 3 is 2.61 bits per heavy atom. The summed E-state index contributed by atoms with van der Waals surface area (Å²) in [7, 11) is -3.02. The molecule has 0 heterocycles. The van der Waals surface area contributed by atoms with Crippen LogP contribution >= 0.6 is 12.2 Å². The van der Waals surface area contributed by atoms with Gasteiger partial charge in [-0.25, -0.2) is 8.42 Å². The number of hydrogen-bond acceptors (Lipinski definition) is 3. The fraction of sp³-hybridized carbons (Fsp3) is 0.417. The molecule has 0 radical (unpaired) electrons. The molecule has 2 N–H and O–H groups in total. The second kappa shape index (κ2) is 6.15. The van der Waals surface area contributed by atoms with Crippen LogP contribution in [0.1, 0.15) is 19.4 Å². The molecular formula is C12H18N2O2S2. The van der Waals surface area contributed by atoms with Crippen molar-refractivity contribution in [3.8, 4) is 0 Å². The van der Waals surface area contributed by atoms with E-state index in [1.165, 1.54) is 6.26 Å². The molecule has 0 unspecified atom stereocenters. The van der Waals surface area contributed by atoms with Crippen LogP contribution in [0.5, 0.6) is 0 Å². The zero-order valence-corrected chi connectivity index (χ0v) is 12.4. The van der Waals surface area contributed by atoms with Gasteiger partial charge in [0.2, 0.25) is 0 Å². The SMILES string of the molecule is CC(C)NC(=S)Nc1cccc(CS(C)(=O)=O)c1. The van der Waals surface area contributed by atoms with Crippen molar-refractivity contribution in [2.24, 2.45) is 0 Å². The molecule has 0 aliphatic heterocycles. The smallest absolute Gasteiger partial charge is 0.170 e. The molecule has 0 spiro atoms. The fourth-order valence-corrected chi connectivity index (χ4v) is 2.61. The molecule has 0 aliphatic rings. The third-order valence-corrected chi connectivity index (χ3v) is 3.11. The first-order valence-electron chi connectivity index (χ1n) is 5.60. The zero-order valence-electron chi connectivity index (χ0n) is 10.7. The normalized spacial score (nSPS) is 11.3. The van der Waals surface area contributed by atoms with Crippen LogP contribution in [0.3, 0.4) is 0 Å². The van der Waals surface area contributed by atoms with E-state index in [1.807, 2.05) is 19.9 Å². The summed E-state index contributed by atoms with van der Waals surface area (Å²) < 4.78 is 22.4. The Morgan fingerprint density at radius 2 is 2.06 bits per heavy atom. The number of rotatable bonds is 4. The predicted molar refractivity (Wildman–Crippen MR) is 79.5 cm³/mol. The fourth-order valence-electron chi connectivity index (χ4n) is 1.47. The Hall–Kier alpha value is -1.14. The van der Waals surface area contributed by atoms with Gasteiger partial charge < -0.3 is 10.6 Å². The molecule has 0 aromatic heterocycles. The quantitative estimate of drug-likeness (QED) is 0.828. The summed E-state index contributed by atoms with van der Waals surface area (Å²) in [6.07, 6.45) is 1.22. The summed E-state index contributed by atoms with van der Waals surface area (Å²) in [5.41, 5.74) is 1.53. The van der Waals surface area contributed by atoms with Gasteiger partial charge in [-0.05, 0) is 43.8 Å². The lowest BCUT2D eigenvalue weighted by Crippen LogP contribution is -2.33. The maximum atomic E-state index is 11.2. The highest BCUT2D eigenvalue weighted by Crippen LogP contribution is 2.13. The van der Waals surface area contributed by atoms with Crippen LogP contribution in [-0.2, 0) is 15.6 Å². The Labute approximate surface area is 114 Å². The van der Waals surface area contributed by atoms with Crippen LogP contribution in [0.25, 0.3) is 0 Å². The van der Waals surface area contributed by atoms with Gasteiger partial charge in [-0.2, -0.15) is 0 Å². The molecule has 0 saturated heterocycles. The molecule has 0 saturated carbocycles. The lowest BCUT2D eigenvalue weighted by molar-refractivity contribution is 0.601. The number of benzene rings is 1. The molecule has 4 nitrogen and oxygen atoms in total. The largest absolute Gasteiger partial charge is 0.360 e. The molecule has 100 valence electrons. The van der Waals surface area contributed by atoms with Crippen molar-refractivity contribution in [1.29, 1.82) is 0 Å². The maximum Gasteiger partial charge on any atom is 0.170 e. The van der Waals surface area contributed by atoms with Crippen LogP contribution in [0.4, 0.5) is 5.69 Å². The maximum absolute atomic E-state index is 11.2. The van der Waals surface area contributed by atoms with Crippen molar-refractivity contribution in [2.75, 3.05) is 11.6 Å². The Bertz CT molecular complexity index is 525. The summed E-state index contributed by atoms with van der Waals surface area (Å²) >= 11 is 5.12. The highest BCUT2D eigenvalue weighted by Gasteiger charge is 2.06. The Morgan fingerprint density at radius 1 is 1.39 bits per heavy atom. The molecule has 1 rings (SSSR count). The van der Waals surface area contributed by atoms with E-state index >= 15 is 0 Å². The van der Waals surface area contributed by atoms with Gasteiger partial charge in [0.25, 0.3) is 0 Å². The molecule has 0 fully saturated rings. The van der Waals surface area contributed by atoms with Crippen molar-refractivity contribution in [1.82, 2.24) is 5.32 Å². The van der Waals surface area contributed by atoms with Gasteiger partial charge in [-0.3, -0.25) is 0 Å². The molecule has 1 aromatic rings. The number of nitrogens with one attached hydrogen (secondary N) is 2. The Kier molecular flexibility index (Phi) is 5.10. The standard InChI is InChI=1S/C12H18N2O2S2/c1-9(2)13-12(17)14-11-6-4-5-10(7-11)8-18(3,15)16/h4-7,9H,8H2,1-3H3,(H2,13,14,17). The lowest BCUT2D eigenvalue weighted by atomic mass is 10.2. The average molecular weight is 286 g/mol. The van der Waals surface area contributed by atoms with Gasteiger partial charge in [0.05, 0.1) is 5.75 Å². The molecule has 0 bridgehead atoms. The lowest BCUT2D eigenvalue weighted by Gasteiger charge is -2.13. The highest BCUT2D eigenvalue weighted by atomic mass is 32.2. The van der Waals surface area contributed by atoms with Gasteiger partial charge in [0.1, 0.15) is 0 Å². The van der Waals surface area contributed by atoms with Gasteiger partial charge in [0.15, 0.2) is 14.9 Å². The van der Waals surface area contributed by atoms with Gasteiger partial charge in [0, 0.05) is 18.0 Å². The molecular weight excluding hydrogens is 268 g/mol. The van der Waals surface area contributed by atoms with E-state index in [9.17, 15) is 8.42 Å². The minimum atomic E-state index is -3.02. The number of sulfone groups is 1. The number of thiocarbonyl (C=S) groups is 1. The summed E-state index contributed by atoms with van der Waals surface area (Å²) in [4.78, 5) is 0. The molecule has 1 aromatic carbocycles. The topological polar surface area (TPSA) is 58.2 Å². The second-order valence-electron chi connectivity index (χ2n) is 4.52.